The third-order valence-electron chi connectivity index (χ3n) is 2.97. The zero-order valence-corrected chi connectivity index (χ0v) is 11.7. The Balaban J connectivity index is 2.38. The van der Waals surface area contributed by atoms with E-state index in [9.17, 15) is 5.26 Å². The van der Waals surface area contributed by atoms with Crippen LogP contribution < -0.4 is 11.1 Å². The topological polar surface area (TPSA) is 92.6 Å². The van der Waals surface area contributed by atoms with Gasteiger partial charge >= 0.3 is 0 Å². The van der Waals surface area contributed by atoms with Gasteiger partial charge in [-0.2, -0.15) is 9.94 Å². The second-order valence-corrected chi connectivity index (χ2v) is 4.60. The van der Waals surface area contributed by atoms with Crippen molar-refractivity contribution in [2.75, 3.05) is 17.6 Å². The molecule has 0 saturated heterocycles. The number of anilines is 2. The number of pyridine rings is 1. The molecule has 0 spiro atoms. The van der Waals surface area contributed by atoms with Crippen molar-refractivity contribution in [2.45, 2.75) is 26.7 Å². The maximum Gasteiger partial charge on any atom is 0.168 e. The van der Waals surface area contributed by atoms with Crippen LogP contribution in [0.4, 0.5) is 11.6 Å². The molecule has 0 aromatic carbocycles. The number of nitrogens with zero attached hydrogens (tertiary/aromatic N) is 4. The molecule has 0 atom stereocenters. The van der Waals surface area contributed by atoms with Crippen LogP contribution in [0.1, 0.15) is 30.9 Å². The summed E-state index contributed by atoms with van der Waals surface area (Å²) < 4.78 is 1.50. The zero-order valence-electron chi connectivity index (χ0n) is 11.7. The number of hydrogen-bond donors (Lipinski definition) is 2. The second kappa shape index (κ2) is 6.06. The molecule has 2 heterocycles. The Hall–Kier alpha value is -2.55. The predicted molar refractivity (Wildman–Crippen MR) is 78.6 cm³/mol. The van der Waals surface area contributed by atoms with E-state index in [-0.39, 0.29) is 0 Å². The van der Waals surface area contributed by atoms with Gasteiger partial charge in [-0.25, -0.2) is 4.98 Å². The van der Waals surface area contributed by atoms with Crippen molar-refractivity contribution in [3.63, 3.8) is 0 Å². The summed E-state index contributed by atoms with van der Waals surface area (Å²) in [7, 11) is 0. The Morgan fingerprint density at radius 2 is 2.30 bits per heavy atom. The number of aryl methyl sites for hydroxylation is 1. The third-order valence-corrected chi connectivity index (χ3v) is 2.97. The van der Waals surface area contributed by atoms with E-state index in [1.807, 2.05) is 19.1 Å². The summed E-state index contributed by atoms with van der Waals surface area (Å²) >= 11 is 0. The summed E-state index contributed by atoms with van der Waals surface area (Å²) in [6, 6.07) is 5.87. The molecule has 0 radical (unpaired) electrons. The van der Waals surface area contributed by atoms with Crippen molar-refractivity contribution in [2.24, 2.45) is 0 Å². The minimum absolute atomic E-state index is 0.310. The van der Waals surface area contributed by atoms with E-state index < -0.39 is 0 Å². The molecule has 104 valence electrons. The van der Waals surface area contributed by atoms with Crippen LogP contribution in [-0.4, -0.2) is 21.3 Å². The lowest BCUT2D eigenvalue weighted by atomic mass is 10.3. The first-order chi connectivity index (χ1) is 9.67. The lowest BCUT2D eigenvalue weighted by Crippen LogP contribution is -2.05. The van der Waals surface area contributed by atoms with Crippen LogP contribution in [0.5, 0.6) is 0 Å². The molecule has 0 aliphatic rings. The number of rotatable bonds is 5. The lowest BCUT2D eigenvalue weighted by Gasteiger charge is -2.03. The molecule has 0 aliphatic carbocycles. The quantitative estimate of drug-likeness (QED) is 0.813. The van der Waals surface area contributed by atoms with E-state index in [2.05, 4.69) is 28.4 Å². The van der Waals surface area contributed by atoms with Crippen molar-refractivity contribution in [1.29, 1.82) is 5.26 Å². The number of nitrogens with one attached hydrogen (secondary N) is 1. The van der Waals surface area contributed by atoms with Crippen LogP contribution in [-0.2, 0) is 0 Å². The molecule has 2 aromatic rings. The fraction of sp³-hybridized carbons (Fsp3) is 0.357. The fourth-order valence-electron chi connectivity index (χ4n) is 1.86. The average Bonchev–Trinajstić information content (AvgIpc) is 2.75. The highest BCUT2D eigenvalue weighted by Crippen LogP contribution is 2.23. The Bertz CT molecular complexity index is 638. The second-order valence-electron chi connectivity index (χ2n) is 4.60. The van der Waals surface area contributed by atoms with Gasteiger partial charge in [0.2, 0.25) is 0 Å². The van der Waals surface area contributed by atoms with Crippen LogP contribution in [0.25, 0.3) is 5.82 Å². The van der Waals surface area contributed by atoms with Crippen LogP contribution in [0, 0.1) is 18.3 Å². The smallest absolute Gasteiger partial charge is 0.168 e. The van der Waals surface area contributed by atoms with Gasteiger partial charge in [-0.15, -0.1) is 5.10 Å². The molecule has 20 heavy (non-hydrogen) atoms. The normalized spacial score (nSPS) is 10.2. The molecular formula is C14H18N6. The van der Waals surface area contributed by atoms with E-state index in [1.165, 1.54) is 4.68 Å². The van der Waals surface area contributed by atoms with Gasteiger partial charge in [0, 0.05) is 12.7 Å². The van der Waals surface area contributed by atoms with Crippen LogP contribution in [0.2, 0.25) is 0 Å². The highest BCUT2D eigenvalue weighted by molar-refractivity contribution is 5.65. The van der Waals surface area contributed by atoms with Crippen molar-refractivity contribution >= 4 is 11.6 Å². The summed E-state index contributed by atoms with van der Waals surface area (Å²) in [5, 5.41) is 16.7. The Morgan fingerprint density at radius 3 is 2.95 bits per heavy atom. The van der Waals surface area contributed by atoms with Crippen molar-refractivity contribution < 1.29 is 0 Å². The van der Waals surface area contributed by atoms with E-state index in [1.54, 1.807) is 6.20 Å². The maximum atomic E-state index is 9.23. The largest absolute Gasteiger partial charge is 0.382 e. The fourth-order valence-corrected chi connectivity index (χ4v) is 1.86. The van der Waals surface area contributed by atoms with E-state index >= 15 is 0 Å². The Kier molecular flexibility index (Phi) is 4.20. The molecule has 2 aromatic heterocycles. The minimum atomic E-state index is 0.310. The highest BCUT2D eigenvalue weighted by atomic mass is 15.4. The summed E-state index contributed by atoms with van der Waals surface area (Å²) in [6.07, 6.45) is 3.78. The molecule has 0 amide bonds. The van der Waals surface area contributed by atoms with Crippen molar-refractivity contribution in [1.82, 2.24) is 14.8 Å². The number of nitriles is 1. The van der Waals surface area contributed by atoms with Crippen molar-refractivity contribution in [3.05, 3.63) is 29.5 Å². The number of nitrogen functional groups attached to an aromatic ring is 1. The maximum absolute atomic E-state index is 9.23. The molecule has 0 saturated carbocycles. The standard InChI is InChI=1S/C14H18N6/c1-3-4-6-18-14-11(9-15)13(16)20(19-14)12-8-10(2)5-7-17-12/h5,7-8H,3-4,6,16H2,1-2H3,(H,18,19). The first kappa shape index (κ1) is 13.9. The first-order valence-corrected chi connectivity index (χ1v) is 6.62. The van der Waals surface area contributed by atoms with Crippen molar-refractivity contribution in [3.8, 4) is 11.9 Å². The van der Waals surface area contributed by atoms with Crippen LogP contribution >= 0.6 is 0 Å². The number of aromatic nitrogens is 3. The first-order valence-electron chi connectivity index (χ1n) is 6.62. The Labute approximate surface area is 118 Å². The minimum Gasteiger partial charge on any atom is -0.382 e. The number of nitrogens with two attached hydrogens (primary N) is 1. The molecular weight excluding hydrogens is 252 g/mol. The van der Waals surface area contributed by atoms with E-state index in [0.717, 1.165) is 24.9 Å². The number of hydrogen-bond acceptors (Lipinski definition) is 5. The average molecular weight is 270 g/mol. The SMILES string of the molecule is CCCCNc1nn(-c2cc(C)ccn2)c(N)c1C#N. The molecule has 0 fully saturated rings. The van der Waals surface area contributed by atoms with Gasteiger partial charge in [0.15, 0.2) is 11.6 Å². The van der Waals surface area contributed by atoms with Gasteiger partial charge in [0.05, 0.1) is 0 Å². The third kappa shape index (κ3) is 2.72. The molecule has 3 N–H and O–H groups in total. The summed E-state index contributed by atoms with van der Waals surface area (Å²) in [4.78, 5) is 4.24. The molecule has 0 aliphatic heterocycles. The zero-order chi connectivity index (χ0) is 14.5. The van der Waals surface area contributed by atoms with Gasteiger partial charge in [-0.05, 0) is 31.0 Å². The van der Waals surface area contributed by atoms with E-state index in [0.29, 0.717) is 23.0 Å². The van der Waals surface area contributed by atoms with Gasteiger partial charge < -0.3 is 11.1 Å². The van der Waals surface area contributed by atoms with Gasteiger partial charge in [0.1, 0.15) is 17.5 Å². The highest BCUT2D eigenvalue weighted by Gasteiger charge is 2.16. The van der Waals surface area contributed by atoms with Crippen LogP contribution in [0.15, 0.2) is 18.3 Å². The summed E-state index contributed by atoms with van der Waals surface area (Å²) in [5.41, 5.74) is 7.42. The van der Waals surface area contributed by atoms with Crippen LogP contribution in [0.3, 0.4) is 0 Å². The molecule has 6 nitrogen and oxygen atoms in total. The lowest BCUT2D eigenvalue weighted by molar-refractivity contribution is 0.816. The molecule has 0 unspecified atom stereocenters. The summed E-state index contributed by atoms with van der Waals surface area (Å²) in [6.45, 7) is 4.84. The van der Waals surface area contributed by atoms with E-state index in [4.69, 9.17) is 5.73 Å². The summed E-state index contributed by atoms with van der Waals surface area (Å²) in [5.74, 6) is 1.44. The number of unbranched alkanes of at least 4 members (excludes halogenated alkanes) is 1. The Morgan fingerprint density at radius 1 is 1.50 bits per heavy atom. The molecule has 0 bridgehead atoms. The molecule has 6 heteroatoms. The molecule has 2 rings (SSSR count). The van der Waals surface area contributed by atoms with Gasteiger partial charge in [-0.1, -0.05) is 13.3 Å². The predicted octanol–water partition coefficient (Wildman–Crippen LogP) is 2.24. The van der Waals surface area contributed by atoms with Gasteiger partial charge in [0.25, 0.3) is 0 Å². The monoisotopic (exact) mass is 270 g/mol. The van der Waals surface area contributed by atoms with Gasteiger partial charge in [-0.3, -0.25) is 0 Å².